The minimum absolute atomic E-state index is 0.0585. The summed E-state index contributed by atoms with van der Waals surface area (Å²) < 4.78 is 0. The number of amides is 1. The van der Waals surface area contributed by atoms with Crippen molar-refractivity contribution in [2.24, 2.45) is 17.6 Å². The van der Waals surface area contributed by atoms with Gasteiger partial charge in [-0.25, -0.2) is 0 Å². The summed E-state index contributed by atoms with van der Waals surface area (Å²) in [5, 5.41) is 10.2. The number of nitrogens with one attached hydrogen (secondary N) is 2. The molecule has 1 fully saturated rings. The van der Waals surface area contributed by atoms with Gasteiger partial charge in [0.05, 0.1) is 17.9 Å². The lowest BCUT2D eigenvalue weighted by atomic mass is 9.81. The number of nitrogens with two attached hydrogens (primary N) is 1. The van der Waals surface area contributed by atoms with E-state index in [-0.39, 0.29) is 17.9 Å². The lowest BCUT2D eigenvalue weighted by molar-refractivity contribution is -0.127. The summed E-state index contributed by atoms with van der Waals surface area (Å²) in [4.78, 5) is 17.7. The van der Waals surface area contributed by atoms with Gasteiger partial charge in [-0.2, -0.15) is 5.10 Å². The molecule has 0 bridgehead atoms. The van der Waals surface area contributed by atoms with E-state index in [1.807, 2.05) is 36.5 Å². The monoisotopic (exact) mass is 403 g/mol. The Kier molecular flexibility index (Phi) is 6.54. The normalized spacial score (nSPS) is 19.9. The SMILES string of the molecule is NCC1CCC(C(=O)NC(Cc2ccccc2)c2cc(-c3cn[nH]c3)ccn2)CC1. The molecule has 2 aromatic heterocycles. The van der Waals surface area contributed by atoms with Gasteiger partial charge in [0, 0.05) is 23.9 Å². The standard InChI is InChI=1S/C24H29N5O/c25-14-18-6-8-19(9-7-18)24(30)29-23(12-17-4-2-1-3-5-17)22-13-20(10-11-26-22)21-15-27-28-16-21/h1-5,10-11,13,15-16,18-19,23H,6-9,12,14,25H2,(H,27,28)(H,29,30). The Morgan fingerprint density at radius 1 is 1.13 bits per heavy atom. The van der Waals surface area contributed by atoms with E-state index >= 15 is 0 Å². The van der Waals surface area contributed by atoms with Gasteiger partial charge < -0.3 is 11.1 Å². The second kappa shape index (κ2) is 9.67. The topological polar surface area (TPSA) is 96.7 Å². The van der Waals surface area contributed by atoms with Crippen molar-refractivity contribution in [2.45, 2.75) is 38.1 Å². The Bertz CT molecular complexity index is 933. The second-order valence-electron chi connectivity index (χ2n) is 8.16. The van der Waals surface area contributed by atoms with E-state index in [0.717, 1.165) is 49.0 Å². The molecule has 1 saturated carbocycles. The van der Waals surface area contributed by atoms with Crippen LogP contribution in [-0.4, -0.2) is 27.6 Å². The number of pyridine rings is 1. The maximum atomic E-state index is 13.1. The van der Waals surface area contributed by atoms with Crippen LogP contribution in [0.5, 0.6) is 0 Å². The molecule has 1 amide bonds. The van der Waals surface area contributed by atoms with Crippen molar-refractivity contribution < 1.29 is 4.79 Å². The van der Waals surface area contributed by atoms with Gasteiger partial charge in [-0.3, -0.25) is 14.9 Å². The number of H-pyrrole nitrogens is 1. The first kappa shape index (κ1) is 20.3. The summed E-state index contributed by atoms with van der Waals surface area (Å²) in [5.74, 6) is 0.743. The number of carbonyl (C=O) groups is 1. The average Bonchev–Trinajstić information content (AvgIpc) is 3.34. The molecule has 156 valence electrons. The minimum atomic E-state index is -0.181. The van der Waals surface area contributed by atoms with Crippen LogP contribution in [0.4, 0.5) is 0 Å². The van der Waals surface area contributed by atoms with Crippen LogP contribution in [0.15, 0.2) is 61.1 Å². The zero-order chi connectivity index (χ0) is 20.8. The molecule has 0 saturated heterocycles. The molecule has 1 atom stereocenters. The Balaban J connectivity index is 1.54. The van der Waals surface area contributed by atoms with Crippen LogP contribution in [0.1, 0.15) is 43.0 Å². The maximum absolute atomic E-state index is 13.1. The van der Waals surface area contributed by atoms with Crippen LogP contribution in [0, 0.1) is 11.8 Å². The number of hydrogen-bond acceptors (Lipinski definition) is 4. The third-order valence-corrected chi connectivity index (χ3v) is 6.12. The van der Waals surface area contributed by atoms with Crippen LogP contribution in [0.2, 0.25) is 0 Å². The van der Waals surface area contributed by atoms with Gasteiger partial charge in [0.1, 0.15) is 0 Å². The molecule has 6 heteroatoms. The number of aromatic amines is 1. The molecule has 6 nitrogen and oxygen atoms in total. The number of hydrogen-bond donors (Lipinski definition) is 3. The Morgan fingerprint density at radius 2 is 1.93 bits per heavy atom. The highest BCUT2D eigenvalue weighted by Gasteiger charge is 2.28. The van der Waals surface area contributed by atoms with E-state index in [2.05, 4.69) is 32.6 Å². The molecule has 1 aromatic carbocycles. The molecule has 0 radical (unpaired) electrons. The third kappa shape index (κ3) is 4.94. The van der Waals surface area contributed by atoms with Gasteiger partial charge in [-0.1, -0.05) is 30.3 Å². The van der Waals surface area contributed by atoms with Crippen molar-refractivity contribution in [1.82, 2.24) is 20.5 Å². The van der Waals surface area contributed by atoms with Gasteiger partial charge in [0.25, 0.3) is 0 Å². The fraction of sp³-hybridized carbons (Fsp3) is 0.375. The largest absolute Gasteiger partial charge is 0.347 e. The number of carbonyl (C=O) groups excluding carboxylic acids is 1. The fourth-order valence-electron chi connectivity index (χ4n) is 4.26. The van der Waals surface area contributed by atoms with Crippen molar-refractivity contribution in [2.75, 3.05) is 6.54 Å². The summed E-state index contributed by atoms with van der Waals surface area (Å²) in [6.45, 7) is 0.718. The highest BCUT2D eigenvalue weighted by Crippen LogP contribution is 2.29. The number of benzene rings is 1. The molecule has 1 aliphatic carbocycles. The highest BCUT2D eigenvalue weighted by atomic mass is 16.1. The molecule has 0 spiro atoms. The maximum Gasteiger partial charge on any atom is 0.223 e. The Morgan fingerprint density at radius 3 is 2.63 bits per heavy atom. The van der Waals surface area contributed by atoms with Crippen LogP contribution in [0.3, 0.4) is 0 Å². The van der Waals surface area contributed by atoms with Crippen LogP contribution in [0.25, 0.3) is 11.1 Å². The first-order valence-electron chi connectivity index (χ1n) is 10.7. The van der Waals surface area contributed by atoms with Crippen molar-refractivity contribution in [3.8, 4) is 11.1 Å². The van der Waals surface area contributed by atoms with Crippen LogP contribution >= 0.6 is 0 Å². The molecule has 1 unspecified atom stereocenters. The van der Waals surface area contributed by atoms with E-state index in [1.165, 1.54) is 5.56 Å². The second-order valence-corrected chi connectivity index (χ2v) is 8.16. The molecular formula is C24H29N5O. The van der Waals surface area contributed by atoms with E-state index in [0.29, 0.717) is 12.3 Å². The van der Waals surface area contributed by atoms with Gasteiger partial charge in [0.15, 0.2) is 0 Å². The smallest absolute Gasteiger partial charge is 0.223 e. The lowest BCUT2D eigenvalue weighted by Crippen LogP contribution is -2.37. The fourth-order valence-corrected chi connectivity index (χ4v) is 4.26. The van der Waals surface area contributed by atoms with Crippen molar-refractivity contribution in [3.63, 3.8) is 0 Å². The average molecular weight is 404 g/mol. The van der Waals surface area contributed by atoms with Crippen LogP contribution in [-0.2, 0) is 11.2 Å². The zero-order valence-corrected chi connectivity index (χ0v) is 17.1. The Hall–Kier alpha value is -2.99. The first-order valence-corrected chi connectivity index (χ1v) is 10.7. The van der Waals surface area contributed by atoms with Crippen molar-refractivity contribution >= 4 is 5.91 Å². The third-order valence-electron chi connectivity index (χ3n) is 6.12. The molecule has 2 heterocycles. The Labute approximate surface area is 177 Å². The van der Waals surface area contributed by atoms with E-state index in [1.54, 1.807) is 12.4 Å². The summed E-state index contributed by atoms with van der Waals surface area (Å²) in [6, 6.07) is 14.1. The quantitative estimate of drug-likeness (QED) is 0.561. The van der Waals surface area contributed by atoms with E-state index in [4.69, 9.17) is 5.73 Å². The minimum Gasteiger partial charge on any atom is -0.347 e. The van der Waals surface area contributed by atoms with Gasteiger partial charge in [0.2, 0.25) is 5.91 Å². The van der Waals surface area contributed by atoms with Gasteiger partial charge in [-0.05, 0) is 67.8 Å². The summed E-state index contributed by atoms with van der Waals surface area (Å²) in [7, 11) is 0. The predicted molar refractivity (Wildman–Crippen MR) is 117 cm³/mol. The molecule has 3 aromatic rings. The van der Waals surface area contributed by atoms with E-state index in [9.17, 15) is 4.79 Å². The first-order chi connectivity index (χ1) is 14.7. The van der Waals surface area contributed by atoms with Gasteiger partial charge >= 0.3 is 0 Å². The highest BCUT2D eigenvalue weighted by molar-refractivity contribution is 5.79. The van der Waals surface area contributed by atoms with Gasteiger partial charge in [-0.15, -0.1) is 0 Å². The zero-order valence-electron chi connectivity index (χ0n) is 17.1. The summed E-state index contributed by atoms with van der Waals surface area (Å²) >= 11 is 0. The summed E-state index contributed by atoms with van der Waals surface area (Å²) in [6.07, 6.45) is 10.0. The molecular weight excluding hydrogens is 374 g/mol. The number of nitrogens with zero attached hydrogens (tertiary/aromatic N) is 2. The van der Waals surface area contributed by atoms with Crippen molar-refractivity contribution in [1.29, 1.82) is 0 Å². The number of rotatable bonds is 7. The molecule has 4 rings (SSSR count). The molecule has 30 heavy (non-hydrogen) atoms. The molecule has 4 N–H and O–H groups in total. The molecule has 1 aliphatic rings. The summed E-state index contributed by atoms with van der Waals surface area (Å²) in [5.41, 5.74) is 9.88. The predicted octanol–water partition coefficient (Wildman–Crippen LogP) is 3.64. The van der Waals surface area contributed by atoms with Crippen molar-refractivity contribution in [3.05, 3.63) is 72.3 Å². The molecule has 0 aliphatic heterocycles. The van der Waals surface area contributed by atoms with Crippen LogP contribution < -0.4 is 11.1 Å². The number of aromatic nitrogens is 3. The van der Waals surface area contributed by atoms with E-state index < -0.39 is 0 Å². The lowest BCUT2D eigenvalue weighted by Gasteiger charge is -2.28.